The quantitative estimate of drug-likeness (QED) is 0.604. The normalized spacial score (nSPS) is 14.4. The predicted molar refractivity (Wildman–Crippen MR) is 120 cm³/mol. The number of amides is 1. The van der Waals surface area contributed by atoms with Crippen LogP contribution in [-0.4, -0.2) is 45.6 Å². The van der Waals surface area contributed by atoms with Crippen molar-refractivity contribution in [1.82, 2.24) is 4.98 Å². The summed E-state index contributed by atoms with van der Waals surface area (Å²) in [6.45, 7) is 5.92. The lowest BCUT2D eigenvalue weighted by Crippen LogP contribution is -2.37. The fourth-order valence-corrected chi connectivity index (χ4v) is 4.02. The number of nitrogens with zero attached hydrogens (tertiary/aromatic N) is 2. The molecule has 1 saturated heterocycles. The summed E-state index contributed by atoms with van der Waals surface area (Å²) in [5.41, 5.74) is 2.87. The number of hydrogen-bond acceptors (Lipinski definition) is 7. The first kappa shape index (κ1) is 22.0. The van der Waals surface area contributed by atoms with Crippen molar-refractivity contribution < 1.29 is 22.4 Å². The molecule has 32 heavy (non-hydrogen) atoms. The minimum absolute atomic E-state index is 0.126. The van der Waals surface area contributed by atoms with Crippen LogP contribution in [0.4, 0.5) is 11.4 Å². The number of aryl methyl sites for hydroxylation is 2. The van der Waals surface area contributed by atoms with Crippen molar-refractivity contribution in [3.8, 4) is 11.5 Å². The average Bonchev–Trinajstić information content (AvgIpc) is 3.12. The Morgan fingerprint density at radius 3 is 2.53 bits per heavy atom. The van der Waals surface area contributed by atoms with E-state index in [4.69, 9.17) is 14.3 Å². The van der Waals surface area contributed by atoms with Gasteiger partial charge in [-0.05, 0) is 50.2 Å². The van der Waals surface area contributed by atoms with Crippen molar-refractivity contribution in [1.29, 1.82) is 0 Å². The number of carbonyl (C=O) groups excluding carboxylic acids is 1. The van der Waals surface area contributed by atoms with Crippen molar-refractivity contribution in [2.24, 2.45) is 5.14 Å². The van der Waals surface area contributed by atoms with Crippen molar-refractivity contribution in [3.63, 3.8) is 0 Å². The second-order valence-electron chi connectivity index (χ2n) is 7.52. The Balaban J connectivity index is 1.67. The minimum atomic E-state index is -3.97. The zero-order valence-corrected chi connectivity index (χ0v) is 18.6. The highest BCUT2D eigenvalue weighted by Crippen LogP contribution is 2.28. The third kappa shape index (κ3) is 4.67. The first-order valence-electron chi connectivity index (χ1n) is 10.1. The summed E-state index contributed by atoms with van der Waals surface area (Å²) in [4.78, 5) is 19.5. The lowest BCUT2D eigenvalue weighted by atomic mass is 10.1. The van der Waals surface area contributed by atoms with Crippen molar-refractivity contribution in [2.45, 2.75) is 18.7 Å². The summed E-state index contributed by atoms with van der Waals surface area (Å²) in [6, 6.07) is 11.4. The molecule has 4 rings (SSSR count). The monoisotopic (exact) mass is 456 g/mol. The number of hydrogen-bond donors (Lipinski definition) is 2. The molecular weight excluding hydrogens is 432 g/mol. The number of sulfonamides is 1. The van der Waals surface area contributed by atoms with Crippen molar-refractivity contribution in [2.75, 3.05) is 36.5 Å². The first-order chi connectivity index (χ1) is 15.2. The molecule has 3 aromatic rings. The standard InChI is InChI=1S/C22H24N4O5S/c1-14-15(2)31-22(24-14)16-4-3-5-17(12-16)25-21(27)19-13-18(32(23,28)29)6-7-20(19)26-8-10-30-11-9-26/h3-7,12-13H,8-11H2,1-2H3,(H,25,27)(H2,23,28,29). The number of aromatic nitrogens is 1. The molecule has 3 N–H and O–H groups in total. The largest absolute Gasteiger partial charge is 0.441 e. The molecule has 168 valence electrons. The fourth-order valence-electron chi connectivity index (χ4n) is 3.48. The van der Waals surface area contributed by atoms with E-state index in [2.05, 4.69) is 10.3 Å². The summed E-state index contributed by atoms with van der Waals surface area (Å²) in [7, 11) is -3.97. The van der Waals surface area contributed by atoms with Crippen LogP contribution in [0.3, 0.4) is 0 Å². The Bertz CT molecular complexity index is 1240. The molecule has 1 aromatic heterocycles. The highest BCUT2D eigenvalue weighted by Gasteiger charge is 2.22. The van der Waals surface area contributed by atoms with Gasteiger partial charge < -0.3 is 19.4 Å². The van der Waals surface area contributed by atoms with E-state index < -0.39 is 15.9 Å². The molecule has 0 saturated carbocycles. The zero-order valence-electron chi connectivity index (χ0n) is 17.8. The van der Waals surface area contributed by atoms with Crippen LogP contribution >= 0.6 is 0 Å². The second kappa shape index (κ2) is 8.73. The van der Waals surface area contributed by atoms with Gasteiger partial charge >= 0.3 is 0 Å². The van der Waals surface area contributed by atoms with Crippen LogP contribution in [0.15, 0.2) is 51.8 Å². The number of oxazole rings is 1. The number of nitrogens with one attached hydrogen (secondary N) is 1. The van der Waals surface area contributed by atoms with Gasteiger partial charge in [0.2, 0.25) is 15.9 Å². The molecule has 0 aliphatic carbocycles. The van der Waals surface area contributed by atoms with Crippen LogP contribution in [-0.2, 0) is 14.8 Å². The molecule has 9 nitrogen and oxygen atoms in total. The molecule has 1 fully saturated rings. The third-order valence-corrected chi connectivity index (χ3v) is 6.20. The summed E-state index contributed by atoms with van der Waals surface area (Å²) >= 11 is 0. The molecule has 2 aromatic carbocycles. The predicted octanol–water partition coefficient (Wildman–Crippen LogP) is 2.69. The van der Waals surface area contributed by atoms with Gasteiger partial charge in [-0.1, -0.05) is 6.07 Å². The van der Waals surface area contributed by atoms with Crippen LogP contribution in [0.5, 0.6) is 0 Å². The number of ether oxygens (including phenoxy) is 1. The topological polar surface area (TPSA) is 128 Å². The molecule has 10 heteroatoms. The lowest BCUT2D eigenvalue weighted by Gasteiger charge is -2.30. The Kier molecular flexibility index (Phi) is 6.00. The van der Waals surface area contributed by atoms with E-state index in [1.807, 2.05) is 24.8 Å². The molecular formula is C22H24N4O5S. The van der Waals surface area contributed by atoms with E-state index in [1.54, 1.807) is 24.3 Å². The summed E-state index contributed by atoms with van der Waals surface area (Å²) in [5, 5.41) is 8.14. The Morgan fingerprint density at radius 1 is 1.12 bits per heavy atom. The van der Waals surface area contributed by atoms with Gasteiger partial charge in [0, 0.05) is 30.0 Å². The van der Waals surface area contributed by atoms with Gasteiger partial charge in [0.25, 0.3) is 5.91 Å². The lowest BCUT2D eigenvalue weighted by molar-refractivity contribution is 0.102. The van der Waals surface area contributed by atoms with E-state index >= 15 is 0 Å². The number of morpholine rings is 1. The molecule has 0 spiro atoms. The van der Waals surface area contributed by atoms with Gasteiger partial charge in [0.15, 0.2) is 0 Å². The summed E-state index contributed by atoms with van der Waals surface area (Å²) < 4.78 is 34.8. The maximum Gasteiger partial charge on any atom is 0.257 e. The summed E-state index contributed by atoms with van der Waals surface area (Å²) in [6.07, 6.45) is 0. The van der Waals surface area contributed by atoms with Gasteiger partial charge in [-0.15, -0.1) is 0 Å². The highest BCUT2D eigenvalue weighted by molar-refractivity contribution is 7.89. The number of carbonyl (C=O) groups is 1. The van der Waals surface area contributed by atoms with Crippen LogP contribution < -0.4 is 15.4 Å². The number of rotatable bonds is 5. The number of nitrogens with two attached hydrogens (primary N) is 1. The number of benzene rings is 2. The molecule has 0 unspecified atom stereocenters. The molecule has 0 atom stereocenters. The molecule has 2 heterocycles. The SMILES string of the molecule is Cc1nc(-c2cccc(NC(=O)c3cc(S(N)(=O)=O)ccc3N3CCOCC3)c2)oc1C. The highest BCUT2D eigenvalue weighted by atomic mass is 32.2. The van der Waals surface area contributed by atoms with E-state index in [1.165, 1.54) is 12.1 Å². The molecule has 1 aliphatic heterocycles. The van der Waals surface area contributed by atoms with Crippen molar-refractivity contribution in [3.05, 3.63) is 59.5 Å². The smallest absolute Gasteiger partial charge is 0.257 e. The van der Waals surface area contributed by atoms with Crippen LogP contribution in [0.2, 0.25) is 0 Å². The van der Waals surface area contributed by atoms with E-state index in [-0.39, 0.29) is 10.5 Å². The maximum absolute atomic E-state index is 13.2. The van der Waals surface area contributed by atoms with Crippen molar-refractivity contribution >= 4 is 27.3 Å². The second-order valence-corrected chi connectivity index (χ2v) is 9.08. The van der Waals surface area contributed by atoms with Gasteiger partial charge in [-0.2, -0.15) is 0 Å². The van der Waals surface area contributed by atoms with Gasteiger partial charge in [-0.3, -0.25) is 4.79 Å². The summed E-state index contributed by atoms with van der Waals surface area (Å²) in [5.74, 6) is 0.736. The van der Waals surface area contributed by atoms with Gasteiger partial charge in [0.05, 0.1) is 29.4 Å². The number of anilines is 2. The van der Waals surface area contributed by atoms with E-state index in [9.17, 15) is 13.2 Å². The zero-order chi connectivity index (χ0) is 22.9. The van der Waals surface area contributed by atoms with Gasteiger partial charge in [-0.25, -0.2) is 18.5 Å². The Labute approximate surface area is 186 Å². The molecule has 1 aliphatic rings. The minimum Gasteiger partial charge on any atom is -0.441 e. The Hall–Kier alpha value is -3.21. The fraction of sp³-hybridized carbons (Fsp3) is 0.273. The first-order valence-corrected chi connectivity index (χ1v) is 11.6. The average molecular weight is 457 g/mol. The number of primary sulfonamides is 1. The maximum atomic E-state index is 13.2. The molecule has 1 amide bonds. The van der Waals surface area contributed by atoms with Crippen LogP contribution in [0, 0.1) is 13.8 Å². The third-order valence-electron chi connectivity index (χ3n) is 5.29. The van der Waals surface area contributed by atoms with Crippen LogP contribution in [0.1, 0.15) is 21.8 Å². The Morgan fingerprint density at radius 2 is 1.88 bits per heavy atom. The van der Waals surface area contributed by atoms with Crippen LogP contribution in [0.25, 0.3) is 11.5 Å². The molecule has 0 bridgehead atoms. The van der Waals surface area contributed by atoms with Gasteiger partial charge in [0.1, 0.15) is 5.76 Å². The van der Waals surface area contributed by atoms with E-state index in [0.717, 1.165) is 11.5 Å². The van der Waals surface area contributed by atoms with E-state index in [0.29, 0.717) is 49.1 Å². The molecule has 0 radical (unpaired) electrons.